The Morgan fingerprint density at radius 2 is 2.07 bits per heavy atom. The summed E-state index contributed by atoms with van der Waals surface area (Å²) >= 11 is 3.44. The van der Waals surface area contributed by atoms with Crippen LogP contribution in [-0.2, 0) is 0 Å². The summed E-state index contributed by atoms with van der Waals surface area (Å²) in [5.74, 6) is 0.876. The maximum atomic E-state index is 13.7. The van der Waals surface area contributed by atoms with Gasteiger partial charge < -0.3 is 4.90 Å². The molecule has 0 aliphatic carbocycles. The lowest BCUT2D eigenvalue weighted by Gasteiger charge is -2.30. The van der Waals surface area contributed by atoms with Gasteiger partial charge in [0.05, 0.1) is 11.8 Å². The molecule has 0 unspecified atom stereocenters. The van der Waals surface area contributed by atoms with Gasteiger partial charge in [-0.15, -0.1) is 11.8 Å². The summed E-state index contributed by atoms with van der Waals surface area (Å²) < 4.78 is 16.7. The van der Waals surface area contributed by atoms with Crippen molar-refractivity contribution in [3.05, 3.63) is 42.0 Å². The zero-order chi connectivity index (χ0) is 21.3. The van der Waals surface area contributed by atoms with Crippen LogP contribution in [0.2, 0.25) is 0 Å². The Hall–Kier alpha value is -2.37. The Bertz CT molecular complexity index is 1070. The molecule has 1 aromatic carbocycles. The number of hydrogen-bond acceptors (Lipinski definition) is 6. The first kappa shape index (κ1) is 20.9. The van der Waals surface area contributed by atoms with Crippen LogP contribution in [0.15, 0.2) is 34.7 Å². The van der Waals surface area contributed by atoms with Crippen LogP contribution in [0.1, 0.15) is 32.4 Å². The second kappa shape index (κ2) is 8.78. The lowest BCUT2D eigenvalue weighted by molar-refractivity contribution is 0.484. The van der Waals surface area contributed by atoms with Crippen LogP contribution in [0, 0.1) is 30.0 Å². The largest absolute Gasteiger partial charge is 0.355 e. The van der Waals surface area contributed by atoms with Crippen molar-refractivity contribution in [2.45, 2.75) is 43.1 Å². The van der Waals surface area contributed by atoms with Crippen molar-refractivity contribution in [3.8, 4) is 22.3 Å². The van der Waals surface area contributed by atoms with Gasteiger partial charge in [0.15, 0.2) is 5.82 Å². The van der Waals surface area contributed by atoms with E-state index in [1.807, 2.05) is 30.9 Å². The number of thiazole rings is 1. The molecule has 156 valence electrons. The Kier molecular flexibility index (Phi) is 6.11. The van der Waals surface area contributed by atoms with Gasteiger partial charge in [-0.2, -0.15) is 15.3 Å². The molecule has 0 atom stereocenters. The molecule has 4 rings (SSSR count). The van der Waals surface area contributed by atoms with Gasteiger partial charge in [0.2, 0.25) is 5.13 Å². The zero-order valence-corrected chi connectivity index (χ0v) is 18.9. The van der Waals surface area contributed by atoms with Crippen molar-refractivity contribution in [1.29, 1.82) is 5.26 Å². The highest BCUT2D eigenvalue weighted by atomic mass is 32.2. The minimum atomic E-state index is -0.257. The first-order valence-electron chi connectivity index (χ1n) is 10.1. The summed E-state index contributed by atoms with van der Waals surface area (Å²) in [7, 11) is 0. The quantitative estimate of drug-likeness (QED) is 0.477. The van der Waals surface area contributed by atoms with Gasteiger partial charge in [-0.1, -0.05) is 37.3 Å². The summed E-state index contributed by atoms with van der Waals surface area (Å²) in [5.41, 5.74) is 2.55. The monoisotopic (exact) mass is 441 g/mol. The fourth-order valence-corrected chi connectivity index (χ4v) is 6.05. The van der Waals surface area contributed by atoms with Gasteiger partial charge in [-0.3, -0.25) is 0 Å². The van der Waals surface area contributed by atoms with Crippen LogP contribution in [0.3, 0.4) is 0 Å². The number of hydrogen-bond donors (Lipinski definition) is 0. The number of thioether (sulfide) groups is 1. The smallest absolute Gasteiger partial charge is 0.213 e. The summed E-state index contributed by atoms with van der Waals surface area (Å²) in [4.78, 5) is 7.23. The highest BCUT2D eigenvalue weighted by Crippen LogP contribution is 2.40. The second-order valence-electron chi connectivity index (χ2n) is 7.75. The molecule has 1 saturated heterocycles. The standard InChI is InChI=1S/C22H24FN5S2/c1-14(2)29-21-20(27-9-7-16(12-24)8-10-27)25-22(30-21)28-13-19(15(3)26-28)17-5-4-6-18(23)11-17/h4-6,11,13-14,16H,7-10H2,1-3H3. The van der Waals surface area contributed by atoms with Crippen molar-refractivity contribution in [3.63, 3.8) is 0 Å². The maximum absolute atomic E-state index is 13.7. The van der Waals surface area contributed by atoms with Crippen molar-refractivity contribution in [2.75, 3.05) is 18.0 Å². The van der Waals surface area contributed by atoms with Crippen LogP contribution < -0.4 is 4.90 Å². The predicted molar refractivity (Wildman–Crippen MR) is 121 cm³/mol. The third-order valence-electron chi connectivity index (χ3n) is 5.12. The molecular formula is C22H24FN5S2. The molecule has 1 aliphatic rings. The summed E-state index contributed by atoms with van der Waals surface area (Å²) in [5, 5.41) is 15.1. The molecule has 3 heterocycles. The van der Waals surface area contributed by atoms with E-state index in [9.17, 15) is 9.65 Å². The lowest BCUT2D eigenvalue weighted by Crippen LogP contribution is -2.33. The van der Waals surface area contributed by atoms with E-state index in [1.165, 1.54) is 16.3 Å². The number of aromatic nitrogens is 3. The van der Waals surface area contributed by atoms with Gasteiger partial charge in [0.25, 0.3) is 0 Å². The molecule has 0 amide bonds. The third kappa shape index (κ3) is 4.37. The van der Waals surface area contributed by atoms with Crippen LogP contribution in [0.4, 0.5) is 10.2 Å². The molecule has 0 saturated carbocycles. The molecule has 5 nitrogen and oxygen atoms in total. The van der Waals surface area contributed by atoms with E-state index in [-0.39, 0.29) is 11.7 Å². The molecular weight excluding hydrogens is 417 g/mol. The Morgan fingerprint density at radius 3 is 2.73 bits per heavy atom. The fraction of sp³-hybridized carbons (Fsp3) is 0.409. The number of halogens is 1. The average molecular weight is 442 g/mol. The average Bonchev–Trinajstić information content (AvgIpc) is 3.31. The van der Waals surface area contributed by atoms with Gasteiger partial charge in [-0.25, -0.2) is 9.07 Å². The van der Waals surface area contributed by atoms with E-state index in [1.54, 1.807) is 22.1 Å². The van der Waals surface area contributed by atoms with E-state index >= 15 is 0 Å². The SMILES string of the molecule is Cc1nn(-c2nc(N3CCC(C#N)CC3)c(SC(C)C)s2)cc1-c1cccc(F)c1. The van der Waals surface area contributed by atoms with E-state index in [4.69, 9.17) is 4.98 Å². The van der Waals surface area contributed by atoms with Crippen LogP contribution in [0.25, 0.3) is 16.3 Å². The van der Waals surface area contributed by atoms with Crippen molar-refractivity contribution < 1.29 is 4.39 Å². The molecule has 0 N–H and O–H groups in total. The molecule has 1 aliphatic heterocycles. The molecule has 0 radical (unpaired) electrons. The summed E-state index contributed by atoms with van der Waals surface area (Å²) in [6.45, 7) is 7.98. The van der Waals surface area contributed by atoms with Gasteiger partial charge in [0.1, 0.15) is 10.0 Å². The third-order valence-corrected chi connectivity index (χ3v) is 7.35. The van der Waals surface area contributed by atoms with Crippen LogP contribution >= 0.6 is 23.1 Å². The number of nitriles is 1. The first-order chi connectivity index (χ1) is 14.4. The molecule has 2 aromatic heterocycles. The van der Waals surface area contributed by atoms with Crippen molar-refractivity contribution in [1.82, 2.24) is 14.8 Å². The van der Waals surface area contributed by atoms with E-state index in [0.29, 0.717) is 5.25 Å². The molecule has 30 heavy (non-hydrogen) atoms. The predicted octanol–water partition coefficient (Wildman–Crippen LogP) is 5.68. The van der Waals surface area contributed by atoms with Gasteiger partial charge in [-0.05, 0) is 37.5 Å². The molecule has 0 bridgehead atoms. The number of aryl methyl sites for hydroxylation is 1. The van der Waals surface area contributed by atoms with E-state index in [0.717, 1.165) is 53.7 Å². The molecule has 0 spiro atoms. The Labute approximate surface area is 184 Å². The highest BCUT2D eigenvalue weighted by Gasteiger charge is 2.25. The lowest BCUT2D eigenvalue weighted by atomic mass is 9.99. The van der Waals surface area contributed by atoms with Gasteiger partial charge in [0, 0.05) is 36.0 Å². The second-order valence-corrected chi connectivity index (χ2v) is 10.6. The topological polar surface area (TPSA) is 57.7 Å². The molecule has 1 fully saturated rings. The van der Waals surface area contributed by atoms with Crippen molar-refractivity contribution in [2.24, 2.45) is 5.92 Å². The fourth-order valence-electron chi connectivity index (χ4n) is 3.59. The molecule has 8 heteroatoms. The number of piperidine rings is 1. The van der Waals surface area contributed by atoms with Crippen LogP contribution in [0.5, 0.6) is 0 Å². The maximum Gasteiger partial charge on any atom is 0.213 e. The summed E-state index contributed by atoms with van der Waals surface area (Å²) in [6.07, 6.45) is 3.68. The number of benzene rings is 1. The number of rotatable bonds is 5. The van der Waals surface area contributed by atoms with E-state index < -0.39 is 0 Å². The summed E-state index contributed by atoms with van der Waals surface area (Å²) in [6, 6.07) is 8.97. The van der Waals surface area contributed by atoms with E-state index in [2.05, 4.69) is 29.9 Å². The molecule has 3 aromatic rings. The highest BCUT2D eigenvalue weighted by molar-refractivity contribution is 8.01. The normalized spacial score (nSPS) is 15.0. The van der Waals surface area contributed by atoms with Crippen LogP contribution in [-0.4, -0.2) is 33.1 Å². The van der Waals surface area contributed by atoms with Gasteiger partial charge >= 0.3 is 0 Å². The number of anilines is 1. The number of nitrogens with zero attached hydrogens (tertiary/aromatic N) is 5. The zero-order valence-electron chi connectivity index (χ0n) is 17.3. The Morgan fingerprint density at radius 1 is 1.30 bits per heavy atom. The van der Waals surface area contributed by atoms with Crippen molar-refractivity contribution >= 4 is 28.9 Å². The minimum Gasteiger partial charge on any atom is -0.355 e. The first-order valence-corrected chi connectivity index (χ1v) is 11.8. The minimum absolute atomic E-state index is 0.142. The Balaban J connectivity index is 1.67.